The molecule has 2 aliphatic heterocycles. The van der Waals surface area contributed by atoms with E-state index in [-0.39, 0.29) is 0 Å². The van der Waals surface area contributed by atoms with Crippen LogP contribution < -0.4 is 10.2 Å². The number of nitrogens with one attached hydrogen (secondary N) is 1. The van der Waals surface area contributed by atoms with Crippen LogP contribution in [0, 0.1) is 0 Å². The lowest BCUT2D eigenvalue weighted by atomic mass is 10.1. The van der Waals surface area contributed by atoms with Crippen LogP contribution >= 0.6 is 0 Å². The van der Waals surface area contributed by atoms with Crippen LogP contribution in [0.3, 0.4) is 0 Å². The van der Waals surface area contributed by atoms with Crippen LogP contribution in [0.25, 0.3) is 0 Å². The lowest BCUT2D eigenvalue weighted by molar-refractivity contribution is 0.122. The largest absolute Gasteiger partial charge is 0.497 e. The zero-order chi connectivity index (χ0) is 15.2. The SMILES string of the molecule is CN1CCN(c2ncccc2CNCC2CCC=CO2)CC1. The van der Waals surface area contributed by atoms with Gasteiger partial charge in [0.2, 0.25) is 0 Å². The molecule has 1 unspecified atom stereocenters. The third-order valence-electron chi connectivity index (χ3n) is 4.38. The number of hydrogen-bond donors (Lipinski definition) is 1. The fourth-order valence-electron chi connectivity index (χ4n) is 2.97. The number of rotatable bonds is 5. The van der Waals surface area contributed by atoms with Gasteiger partial charge in [-0.1, -0.05) is 6.07 Å². The second-order valence-electron chi connectivity index (χ2n) is 6.11. The van der Waals surface area contributed by atoms with Crippen molar-refractivity contribution >= 4 is 5.82 Å². The average Bonchev–Trinajstić information content (AvgIpc) is 2.57. The fourth-order valence-corrected chi connectivity index (χ4v) is 2.97. The quantitative estimate of drug-likeness (QED) is 0.895. The van der Waals surface area contributed by atoms with Gasteiger partial charge in [-0.15, -0.1) is 0 Å². The Balaban J connectivity index is 1.55. The summed E-state index contributed by atoms with van der Waals surface area (Å²) in [6, 6.07) is 4.20. The summed E-state index contributed by atoms with van der Waals surface area (Å²) < 4.78 is 5.60. The van der Waals surface area contributed by atoms with Gasteiger partial charge >= 0.3 is 0 Å². The van der Waals surface area contributed by atoms with E-state index in [2.05, 4.69) is 39.3 Å². The molecule has 1 saturated heterocycles. The topological polar surface area (TPSA) is 40.6 Å². The number of ether oxygens (including phenoxy) is 1. The molecule has 0 aliphatic carbocycles. The number of piperazine rings is 1. The van der Waals surface area contributed by atoms with Crippen LogP contribution in [0.2, 0.25) is 0 Å². The molecule has 0 saturated carbocycles. The van der Waals surface area contributed by atoms with Crippen LogP contribution in [-0.2, 0) is 11.3 Å². The molecule has 1 N–H and O–H groups in total. The molecule has 5 heteroatoms. The summed E-state index contributed by atoms with van der Waals surface area (Å²) in [5.41, 5.74) is 1.28. The lowest BCUT2D eigenvalue weighted by Crippen LogP contribution is -2.45. The van der Waals surface area contributed by atoms with Crippen molar-refractivity contribution in [3.8, 4) is 0 Å². The molecule has 0 aromatic carbocycles. The Morgan fingerprint density at radius 3 is 2.95 bits per heavy atom. The molecule has 1 aromatic rings. The summed E-state index contributed by atoms with van der Waals surface area (Å²) in [6.45, 7) is 6.05. The first kappa shape index (κ1) is 15.3. The fraction of sp³-hybridized carbons (Fsp3) is 0.588. The highest BCUT2D eigenvalue weighted by Crippen LogP contribution is 2.18. The molecule has 3 heterocycles. The van der Waals surface area contributed by atoms with Gasteiger partial charge in [0, 0.05) is 51.0 Å². The maximum absolute atomic E-state index is 5.60. The van der Waals surface area contributed by atoms with E-state index in [4.69, 9.17) is 4.74 Å². The zero-order valence-electron chi connectivity index (χ0n) is 13.4. The Hall–Kier alpha value is -1.59. The van der Waals surface area contributed by atoms with Crippen LogP contribution in [-0.4, -0.2) is 55.8 Å². The third kappa shape index (κ3) is 3.99. The van der Waals surface area contributed by atoms with Gasteiger partial charge in [0.15, 0.2) is 0 Å². The Bertz CT molecular complexity index is 497. The van der Waals surface area contributed by atoms with Gasteiger partial charge in [-0.25, -0.2) is 4.98 Å². The van der Waals surface area contributed by atoms with Gasteiger partial charge in [0.25, 0.3) is 0 Å². The van der Waals surface area contributed by atoms with E-state index >= 15 is 0 Å². The van der Waals surface area contributed by atoms with Crippen molar-refractivity contribution in [1.29, 1.82) is 0 Å². The summed E-state index contributed by atoms with van der Waals surface area (Å²) in [5.74, 6) is 1.13. The number of aromatic nitrogens is 1. The van der Waals surface area contributed by atoms with Gasteiger partial charge in [-0.3, -0.25) is 0 Å². The monoisotopic (exact) mass is 302 g/mol. The van der Waals surface area contributed by atoms with E-state index in [1.807, 2.05) is 18.5 Å². The predicted molar refractivity (Wildman–Crippen MR) is 88.9 cm³/mol. The minimum absolute atomic E-state index is 0.300. The highest BCUT2D eigenvalue weighted by molar-refractivity contribution is 5.47. The van der Waals surface area contributed by atoms with Crippen molar-refractivity contribution in [2.75, 3.05) is 44.7 Å². The van der Waals surface area contributed by atoms with Crippen molar-refractivity contribution in [1.82, 2.24) is 15.2 Å². The molecule has 2 aliphatic rings. The maximum atomic E-state index is 5.60. The highest BCUT2D eigenvalue weighted by atomic mass is 16.5. The van der Waals surface area contributed by atoms with E-state index < -0.39 is 0 Å². The van der Waals surface area contributed by atoms with Crippen LogP contribution in [0.1, 0.15) is 18.4 Å². The molecular weight excluding hydrogens is 276 g/mol. The Labute approximate surface area is 133 Å². The van der Waals surface area contributed by atoms with Crippen molar-refractivity contribution in [2.24, 2.45) is 0 Å². The summed E-state index contributed by atoms with van der Waals surface area (Å²) >= 11 is 0. The molecule has 22 heavy (non-hydrogen) atoms. The average molecular weight is 302 g/mol. The summed E-state index contributed by atoms with van der Waals surface area (Å²) in [5, 5.41) is 3.52. The summed E-state index contributed by atoms with van der Waals surface area (Å²) in [4.78, 5) is 9.38. The van der Waals surface area contributed by atoms with Gasteiger partial charge in [-0.2, -0.15) is 0 Å². The number of likely N-dealkylation sites (N-methyl/N-ethyl adjacent to an activating group) is 1. The Morgan fingerprint density at radius 2 is 2.18 bits per heavy atom. The van der Waals surface area contributed by atoms with Crippen LogP contribution in [0.15, 0.2) is 30.7 Å². The molecule has 1 atom stereocenters. The van der Waals surface area contributed by atoms with Crippen molar-refractivity contribution < 1.29 is 4.74 Å². The standard InChI is InChI=1S/C17H26N4O/c1-20-8-10-21(11-9-20)17-15(5-4-7-19-17)13-18-14-16-6-2-3-12-22-16/h3-5,7,12,16,18H,2,6,8-11,13-14H2,1H3. The Kier molecular flexibility index (Phi) is 5.29. The van der Waals surface area contributed by atoms with Crippen molar-refractivity contribution in [2.45, 2.75) is 25.5 Å². The number of nitrogens with zero attached hydrogens (tertiary/aromatic N) is 3. The molecule has 5 nitrogen and oxygen atoms in total. The van der Waals surface area contributed by atoms with E-state index in [9.17, 15) is 0 Å². The Morgan fingerprint density at radius 1 is 1.32 bits per heavy atom. The summed E-state index contributed by atoms with van der Waals surface area (Å²) in [6.07, 6.45) is 8.33. The number of hydrogen-bond acceptors (Lipinski definition) is 5. The van der Waals surface area contributed by atoms with E-state index in [1.165, 1.54) is 5.56 Å². The minimum atomic E-state index is 0.300. The second-order valence-corrected chi connectivity index (χ2v) is 6.11. The smallest absolute Gasteiger partial charge is 0.133 e. The zero-order valence-corrected chi connectivity index (χ0v) is 13.4. The molecule has 0 bridgehead atoms. The molecule has 0 spiro atoms. The molecule has 120 valence electrons. The van der Waals surface area contributed by atoms with Crippen LogP contribution in [0.4, 0.5) is 5.82 Å². The van der Waals surface area contributed by atoms with Gasteiger partial charge in [-0.05, 0) is 32.0 Å². The number of pyridine rings is 1. The minimum Gasteiger partial charge on any atom is -0.497 e. The van der Waals surface area contributed by atoms with E-state index in [0.29, 0.717) is 6.10 Å². The van der Waals surface area contributed by atoms with Gasteiger partial charge < -0.3 is 19.9 Å². The first-order valence-corrected chi connectivity index (χ1v) is 8.21. The van der Waals surface area contributed by atoms with Gasteiger partial charge in [0.1, 0.15) is 11.9 Å². The molecular formula is C17H26N4O. The summed E-state index contributed by atoms with van der Waals surface area (Å²) in [7, 11) is 2.18. The first-order chi connectivity index (χ1) is 10.8. The number of anilines is 1. The van der Waals surface area contributed by atoms with Crippen molar-refractivity contribution in [3.05, 3.63) is 36.2 Å². The third-order valence-corrected chi connectivity index (χ3v) is 4.38. The maximum Gasteiger partial charge on any atom is 0.133 e. The van der Waals surface area contributed by atoms with E-state index in [1.54, 1.807) is 0 Å². The normalized spacial score (nSPS) is 22.6. The molecule has 0 radical (unpaired) electrons. The number of allylic oxidation sites excluding steroid dienone is 1. The molecule has 1 aromatic heterocycles. The predicted octanol–water partition coefficient (Wildman–Crippen LogP) is 1.62. The van der Waals surface area contributed by atoms with E-state index in [0.717, 1.165) is 57.9 Å². The molecule has 0 amide bonds. The second kappa shape index (κ2) is 7.61. The highest BCUT2D eigenvalue weighted by Gasteiger charge is 2.18. The molecule has 3 rings (SSSR count). The first-order valence-electron chi connectivity index (χ1n) is 8.21. The van der Waals surface area contributed by atoms with Crippen LogP contribution in [0.5, 0.6) is 0 Å². The lowest BCUT2D eigenvalue weighted by Gasteiger charge is -2.34. The van der Waals surface area contributed by atoms with Gasteiger partial charge in [0.05, 0.1) is 6.26 Å². The van der Waals surface area contributed by atoms with Crippen molar-refractivity contribution in [3.63, 3.8) is 0 Å². The molecule has 1 fully saturated rings.